The number of hydrogen-bond donors (Lipinski definition) is 1. The van der Waals surface area contributed by atoms with Crippen molar-refractivity contribution in [2.75, 3.05) is 45.9 Å². The molecule has 0 amide bonds. The van der Waals surface area contributed by atoms with E-state index in [1.807, 2.05) is 6.92 Å². The molecule has 6 nitrogen and oxygen atoms in total. The van der Waals surface area contributed by atoms with Gasteiger partial charge in [0.2, 0.25) is 0 Å². The molecule has 2 aliphatic rings. The molecule has 2 fully saturated rings. The largest absolute Gasteiger partial charge is 0.379 e. The van der Waals surface area contributed by atoms with E-state index in [0.29, 0.717) is 32.8 Å². The molecule has 2 saturated heterocycles. The molecule has 0 aromatic heterocycles. The fourth-order valence-electron chi connectivity index (χ4n) is 2.52. The van der Waals surface area contributed by atoms with Gasteiger partial charge in [-0.05, 0) is 19.4 Å². The average molecular weight is 277 g/mol. The fourth-order valence-corrected chi connectivity index (χ4v) is 4.39. The maximum atomic E-state index is 12.6. The van der Waals surface area contributed by atoms with Gasteiger partial charge in [0.1, 0.15) is 0 Å². The van der Waals surface area contributed by atoms with Gasteiger partial charge in [0.15, 0.2) is 0 Å². The molecule has 1 atom stereocenters. The van der Waals surface area contributed by atoms with Crippen molar-refractivity contribution >= 4 is 10.2 Å². The summed E-state index contributed by atoms with van der Waals surface area (Å²) in [5.74, 6) is 0. The number of nitrogens with zero attached hydrogens (tertiary/aromatic N) is 2. The summed E-state index contributed by atoms with van der Waals surface area (Å²) in [5, 5.41) is 3.24. The summed E-state index contributed by atoms with van der Waals surface area (Å²) in [6.07, 6.45) is 1.75. The lowest BCUT2D eigenvalue weighted by Gasteiger charge is -2.34. The molecule has 2 heterocycles. The summed E-state index contributed by atoms with van der Waals surface area (Å²) >= 11 is 0. The first-order valence-corrected chi connectivity index (χ1v) is 8.11. The number of ether oxygens (including phenoxy) is 1. The normalized spacial score (nSPS) is 26.9. The predicted octanol–water partition coefficient (Wildman–Crippen LogP) is -0.363. The van der Waals surface area contributed by atoms with Gasteiger partial charge in [-0.25, -0.2) is 0 Å². The Bertz CT molecular complexity index is 349. The van der Waals surface area contributed by atoms with Gasteiger partial charge in [0, 0.05) is 32.2 Å². The van der Waals surface area contributed by atoms with Crippen LogP contribution in [0.5, 0.6) is 0 Å². The van der Waals surface area contributed by atoms with Gasteiger partial charge in [-0.1, -0.05) is 6.92 Å². The second kappa shape index (κ2) is 6.29. The number of hydrogen-bond acceptors (Lipinski definition) is 4. The van der Waals surface area contributed by atoms with Crippen LogP contribution in [-0.4, -0.2) is 69.0 Å². The third-order valence-electron chi connectivity index (χ3n) is 3.48. The van der Waals surface area contributed by atoms with E-state index in [1.54, 1.807) is 8.61 Å². The van der Waals surface area contributed by atoms with E-state index >= 15 is 0 Å². The van der Waals surface area contributed by atoms with Crippen LogP contribution >= 0.6 is 0 Å². The van der Waals surface area contributed by atoms with Crippen molar-refractivity contribution in [3.8, 4) is 0 Å². The molecule has 7 heteroatoms. The van der Waals surface area contributed by atoms with E-state index in [1.165, 1.54) is 0 Å². The van der Waals surface area contributed by atoms with Crippen LogP contribution in [0.4, 0.5) is 0 Å². The van der Waals surface area contributed by atoms with Crippen molar-refractivity contribution in [2.24, 2.45) is 0 Å². The Morgan fingerprint density at radius 2 is 2.11 bits per heavy atom. The molecular weight excluding hydrogens is 254 g/mol. The Kier molecular flexibility index (Phi) is 4.97. The first kappa shape index (κ1) is 14.2. The van der Waals surface area contributed by atoms with Gasteiger partial charge in [-0.3, -0.25) is 0 Å². The minimum absolute atomic E-state index is 0.109. The van der Waals surface area contributed by atoms with Crippen molar-refractivity contribution in [3.63, 3.8) is 0 Å². The molecule has 0 saturated carbocycles. The quantitative estimate of drug-likeness (QED) is 0.745. The van der Waals surface area contributed by atoms with Crippen LogP contribution < -0.4 is 5.32 Å². The highest BCUT2D eigenvalue weighted by Crippen LogP contribution is 2.18. The van der Waals surface area contributed by atoms with E-state index in [4.69, 9.17) is 4.74 Å². The zero-order valence-corrected chi connectivity index (χ0v) is 11.8. The summed E-state index contributed by atoms with van der Waals surface area (Å²) in [5.41, 5.74) is 0. The molecule has 0 bridgehead atoms. The van der Waals surface area contributed by atoms with E-state index in [-0.39, 0.29) is 6.04 Å². The second-order valence-electron chi connectivity index (χ2n) is 4.78. The standard InChI is InChI=1S/C11H23N3O3S/c1-2-5-14(11-3-4-12-10-11)18(15,16)13-6-8-17-9-7-13/h11-12H,2-10H2,1H3. The monoisotopic (exact) mass is 277 g/mol. The van der Waals surface area contributed by atoms with Crippen molar-refractivity contribution in [1.29, 1.82) is 0 Å². The molecule has 1 unspecified atom stereocenters. The summed E-state index contributed by atoms with van der Waals surface area (Å²) < 4.78 is 33.7. The fraction of sp³-hybridized carbons (Fsp3) is 1.00. The Balaban J connectivity index is 2.11. The first-order valence-electron chi connectivity index (χ1n) is 6.71. The Morgan fingerprint density at radius 3 is 2.67 bits per heavy atom. The third kappa shape index (κ3) is 3.03. The zero-order chi connectivity index (χ0) is 13.0. The van der Waals surface area contributed by atoms with Gasteiger partial charge in [-0.15, -0.1) is 0 Å². The van der Waals surface area contributed by atoms with Crippen molar-refractivity contribution in [3.05, 3.63) is 0 Å². The molecule has 0 spiro atoms. The number of nitrogens with one attached hydrogen (secondary N) is 1. The molecule has 1 N–H and O–H groups in total. The summed E-state index contributed by atoms with van der Waals surface area (Å²) in [6, 6.07) is 0.109. The maximum Gasteiger partial charge on any atom is 0.282 e. The van der Waals surface area contributed by atoms with Crippen LogP contribution in [0, 0.1) is 0 Å². The van der Waals surface area contributed by atoms with Crippen molar-refractivity contribution in [2.45, 2.75) is 25.8 Å². The predicted molar refractivity (Wildman–Crippen MR) is 69.6 cm³/mol. The van der Waals surface area contributed by atoms with Crippen LogP contribution in [0.1, 0.15) is 19.8 Å². The summed E-state index contributed by atoms with van der Waals surface area (Å²) in [4.78, 5) is 0. The molecule has 18 heavy (non-hydrogen) atoms. The van der Waals surface area contributed by atoms with E-state index in [0.717, 1.165) is 25.9 Å². The van der Waals surface area contributed by atoms with Gasteiger partial charge in [0.05, 0.1) is 13.2 Å². The van der Waals surface area contributed by atoms with E-state index < -0.39 is 10.2 Å². The number of morpholine rings is 1. The minimum atomic E-state index is -3.32. The van der Waals surface area contributed by atoms with Gasteiger partial charge >= 0.3 is 0 Å². The van der Waals surface area contributed by atoms with Crippen molar-refractivity contribution in [1.82, 2.24) is 13.9 Å². The lowest BCUT2D eigenvalue weighted by atomic mass is 10.2. The highest BCUT2D eigenvalue weighted by molar-refractivity contribution is 7.86. The smallest absolute Gasteiger partial charge is 0.282 e. The van der Waals surface area contributed by atoms with Crippen LogP contribution in [0.25, 0.3) is 0 Å². The first-order chi connectivity index (χ1) is 8.66. The Hall–Kier alpha value is -0.210. The Morgan fingerprint density at radius 1 is 1.39 bits per heavy atom. The van der Waals surface area contributed by atoms with Crippen LogP contribution in [0.2, 0.25) is 0 Å². The molecule has 2 rings (SSSR count). The van der Waals surface area contributed by atoms with Crippen LogP contribution in [-0.2, 0) is 14.9 Å². The molecule has 0 aromatic carbocycles. The Labute approximate surface area is 109 Å². The SMILES string of the molecule is CCCN(C1CCNC1)S(=O)(=O)N1CCOCC1. The molecule has 0 aliphatic carbocycles. The molecular formula is C11H23N3O3S. The van der Waals surface area contributed by atoms with Crippen LogP contribution in [0.3, 0.4) is 0 Å². The van der Waals surface area contributed by atoms with Crippen molar-refractivity contribution < 1.29 is 13.2 Å². The lowest BCUT2D eigenvalue weighted by Crippen LogP contribution is -2.52. The molecule has 0 radical (unpaired) electrons. The zero-order valence-electron chi connectivity index (χ0n) is 11.0. The molecule has 0 aromatic rings. The highest BCUT2D eigenvalue weighted by Gasteiger charge is 2.36. The lowest BCUT2D eigenvalue weighted by molar-refractivity contribution is 0.0693. The maximum absolute atomic E-state index is 12.6. The molecule has 106 valence electrons. The van der Waals surface area contributed by atoms with Gasteiger partial charge < -0.3 is 10.1 Å². The van der Waals surface area contributed by atoms with Gasteiger partial charge in [-0.2, -0.15) is 17.0 Å². The van der Waals surface area contributed by atoms with E-state index in [2.05, 4.69) is 5.32 Å². The minimum Gasteiger partial charge on any atom is -0.379 e. The third-order valence-corrected chi connectivity index (χ3v) is 5.57. The number of rotatable bonds is 5. The molecule has 2 aliphatic heterocycles. The summed E-state index contributed by atoms with van der Waals surface area (Å²) in [7, 11) is -3.32. The average Bonchev–Trinajstić information content (AvgIpc) is 2.90. The highest BCUT2D eigenvalue weighted by atomic mass is 32.2. The topological polar surface area (TPSA) is 61.9 Å². The second-order valence-corrected chi connectivity index (χ2v) is 6.66. The summed E-state index contributed by atoms with van der Waals surface area (Å²) in [6.45, 7) is 6.25. The van der Waals surface area contributed by atoms with Gasteiger partial charge in [0.25, 0.3) is 10.2 Å². The van der Waals surface area contributed by atoms with Crippen LogP contribution in [0.15, 0.2) is 0 Å². The van der Waals surface area contributed by atoms with E-state index in [9.17, 15) is 8.42 Å².